The molecule has 36 heavy (non-hydrogen) atoms. The number of hydrogen-bond donors (Lipinski definition) is 1. The molecule has 0 saturated carbocycles. The van der Waals surface area contributed by atoms with Gasteiger partial charge in [-0.15, -0.1) is 0 Å². The summed E-state index contributed by atoms with van der Waals surface area (Å²) in [7, 11) is 3.19. The molecule has 0 radical (unpaired) electrons. The van der Waals surface area contributed by atoms with Gasteiger partial charge in [0.1, 0.15) is 29.1 Å². The topological polar surface area (TPSA) is 103 Å². The summed E-state index contributed by atoms with van der Waals surface area (Å²) in [6, 6.07) is 20.5. The molecular formula is C26H22N4O5S. The molecule has 10 heteroatoms. The lowest BCUT2D eigenvalue weighted by Gasteiger charge is -2.27. The SMILES string of the molecule is COc1ccc(N2C(=S)NC(c3ccccn3)C2c2ccc(-c3ccc([N+](=O)[O-])cc3)o2)c(OC)c1. The first-order valence-corrected chi connectivity index (χ1v) is 11.5. The van der Waals surface area contributed by atoms with Crippen molar-refractivity contribution in [2.75, 3.05) is 19.1 Å². The van der Waals surface area contributed by atoms with Crippen molar-refractivity contribution in [3.8, 4) is 22.8 Å². The van der Waals surface area contributed by atoms with Gasteiger partial charge in [-0.2, -0.15) is 0 Å². The van der Waals surface area contributed by atoms with E-state index in [4.69, 9.17) is 26.1 Å². The maximum atomic E-state index is 11.0. The van der Waals surface area contributed by atoms with Gasteiger partial charge in [0.15, 0.2) is 5.11 Å². The maximum absolute atomic E-state index is 11.0. The van der Waals surface area contributed by atoms with Crippen molar-refractivity contribution in [3.63, 3.8) is 0 Å². The number of nitrogens with zero attached hydrogens (tertiary/aromatic N) is 3. The highest BCUT2D eigenvalue weighted by atomic mass is 32.1. The minimum Gasteiger partial charge on any atom is -0.497 e. The van der Waals surface area contributed by atoms with E-state index in [-0.39, 0.29) is 17.8 Å². The molecule has 4 aromatic rings. The van der Waals surface area contributed by atoms with Crippen LogP contribution in [0.5, 0.6) is 11.5 Å². The minimum absolute atomic E-state index is 0.0175. The smallest absolute Gasteiger partial charge is 0.269 e. The van der Waals surface area contributed by atoms with E-state index in [0.29, 0.717) is 28.1 Å². The zero-order valence-corrected chi connectivity index (χ0v) is 20.3. The number of nitrogens with one attached hydrogen (secondary N) is 1. The van der Waals surface area contributed by atoms with E-state index in [0.717, 1.165) is 16.9 Å². The van der Waals surface area contributed by atoms with Crippen LogP contribution < -0.4 is 19.7 Å². The predicted octanol–water partition coefficient (Wildman–Crippen LogP) is 5.44. The Labute approximate surface area is 212 Å². The molecule has 5 rings (SSSR count). The number of thiocarbonyl (C=S) groups is 1. The number of non-ortho nitro benzene ring substituents is 1. The average Bonchev–Trinajstić information content (AvgIpc) is 3.53. The van der Waals surface area contributed by atoms with Gasteiger partial charge in [0, 0.05) is 30.0 Å². The Bertz CT molecular complexity index is 1410. The Morgan fingerprint density at radius 3 is 2.53 bits per heavy atom. The van der Waals surface area contributed by atoms with Gasteiger partial charge >= 0.3 is 0 Å². The van der Waals surface area contributed by atoms with Crippen LogP contribution in [-0.2, 0) is 0 Å². The third-order valence-corrected chi connectivity index (χ3v) is 6.34. The van der Waals surface area contributed by atoms with Gasteiger partial charge in [0.05, 0.1) is 36.6 Å². The fourth-order valence-electron chi connectivity index (χ4n) is 4.30. The summed E-state index contributed by atoms with van der Waals surface area (Å²) >= 11 is 5.78. The van der Waals surface area contributed by atoms with Crippen LogP contribution in [-0.4, -0.2) is 29.2 Å². The molecule has 2 atom stereocenters. The second kappa shape index (κ2) is 9.67. The quantitative estimate of drug-likeness (QED) is 0.201. The van der Waals surface area contributed by atoms with E-state index in [2.05, 4.69) is 10.3 Å². The molecule has 1 aliphatic rings. The van der Waals surface area contributed by atoms with E-state index < -0.39 is 4.92 Å². The van der Waals surface area contributed by atoms with Crippen molar-refractivity contribution in [2.24, 2.45) is 0 Å². The number of nitro benzene ring substituents is 1. The second-order valence-corrected chi connectivity index (χ2v) is 8.43. The summed E-state index contributed by atoms with van der Waals surface area (Å²) < 4.78 is 17.3. The monoisotopic (exact) mass is 502 g/mol. The van der Waals surface area contributed by atoms with Gasteiger partial charge in [0.25, 0.3) is 5.69 Å². The molecule has 1 N–H and O–H groups in total. The number of furan rings is 1. The van der Waals surface area contributed by atoms with Crippen molar-refractivity contribution in [1.29, 1.82) is 0 Å². The zero-order valence-electron chi connectivity index (χ0n) is 19.5. The molecular weight excluding hydrogens is 480 g/mol. The fourth-order valence-corrected chi connectivity index (χ4v) is 4.64. The third kappa shape index (κ3) is 4.22. The van der Waals surface area contributed by atoms with Crippen LogP contribution >= 0.6 is 12.2 Å². The van der Waals surface area contributed by atoms with E-state index in [1.54, 1.807) is 38.6 Å². The van der Waals surface area contributed by atoms with Gasteiger partial charge in [0.2, 0.25) is 0 Å². The number of benzene rings is 2. The fraction of sp³-hybridized carbons (Fsp3) is 0.154. The normalized spacial score (nSPS) is 17.1. The van der Waals surface area contributed by atoms with Gasteiger partial charge in [-0.05, 0) is 60.7 Å². The predicted molar refractivity (Wildman–Crippen MR) is 138 cm³/mol. The molecule has 1 aliphatic heterocycles. The largest absolute Gasteiger partial charge is 0.497 e. The van der Waals surface area contributed by atoms with Crippen LogP contribution in [0.1, 0.15) is 23.5 Å². The molecule has 0 bridgehead atoms. The number of rotatable bonds is 7. The Kier molecular flexibility index (Phi) is 6.26. The van der Waals surface area contributed by atoms with E-state index in [1.807, 2.05) is 47.4 Å². The number of hydrogen-bond acceptors (Lipinski definition) is 7. The molecule has 1 saturated heterocycles. The number of nitro groups is 1. The second-order valence-electron chi connectivity index (χ2n) is 8.04. The van der Waals surface area contributed by atoms with Gasteiger partial charge in [-0.25, -0.2) is 0 Å². The summed E-state index contributed by atoms with van der Waals surface area (Å²) in [5.74, 6) is 2.47. The number of ether oxygens (including phenoxy) is 2. The highest BCUT2D eigenvalue weighted by Gasteiger charge is 2.43. The minimum atomic E-state index is -0.430. The van der Waals surface area contributed by atoms with Crippen molar-refractivity contribution in [3.05, 3.63) is 101 Å². The van der Waals surface area contributed by atoms with Gasteiger partial charge in [-0.3, -0.25) is 15.1 Å². The highest BCUT2D eigenvalue weighted by molar-refractivity contribution is 7.80. The summed E-state index contributed by atoms with van der Waals surface area (Å²) in [6.07, 6.45) is 1.73. The third-order valence-electron chi connectivity index (χ3n) is 6.03. The lowest BCUT2D eigenvalue weighted by atomic mass is 10.0. The molecule has 0 amide bonds. The highest BCUT2D eigenvalue weighted by Crippen LogP contribution is 2.46. The number of methoxy groups -OCH3 is 2. The van der Waals surface area contributed by atoms with Crippen LogP contribution in [0, 0.1) is 10.1 Å². The molecule has 182 valence electrons. The van der Waals surface area contributed by atoms with E-state index in [9.17, 15) is 10.1 Å². The molecule has 2 unspecified atom stereocenters. The zero-order chi connectivity index (χ0) is 25.2. The average molecular weight is 503 g/mol. The summed E-state index contributed by atoms with van der Waals surface area (Å²) in [4.78, 5) is 17.1. The van der Waals surface area contributed by atoms with Crippen LogP contribution in [0.4, 0.5) is 11.4 Å². The molecule has 0 spiro atoms. The Hall–Kier alpha value is -4.44. The van der Waals surface area contributed by atoms with Crippen LogP contribution in [0.2, 0.25) is 0 Å². The molecule has 2 aromatic carbocycles. The lowest BCUT2D eigenvalue weighted by Crippen LogP contribution is -2.29. The lowest BCUT2D eigenvalue weighted by molar-refractivity contribution is -0.384. The Morgan fingerprint density at radius 2 is 1.86 bits per heavy atom. The molecule has 1 fully saturated rings. The first-order chi connectivity index (χ1) is 17.5. The molecule has 9 nitrogen and oxygen atoms in total. The standard InChI is InChI=1S/C26H22N4O5S/c1-33-18-10-11-20(23(15-18)34-2)29-25(24(28-26(29)36)19-5-3-4-14-27-19)22-13-12-21(35-22)16-6-8-17(9-7-16)30(31)32/h3-15,24-25H,1-2H3,(H,28,36). The van der Waals surface area contributed by atoms with Crippen molar-refractivity contribution < 1.29 is 18.8 Å². The van der Waals surface area contributed by atoms with E-state index >= 15 is 0 Å². The maximum Gasteiger partial charge on any atom is 0.269 e. The summed E-state index contributed by atoms with van der Waals surface area (Å²) in [5.41, 5.74) is 2.29. The molecule has 0 aliphatic carbocycles. The van der Waals surface area contributed by atoms with Crippen molar-refractivity contribution >= 4 is 28.7 Å². The number of aromatic nitrogens is 1. The van der Waals surface area contributed by atoms with Crippen molar-refractivity contribution in [2.45, 2.75) is 12.1 Å². The first kappa shape index (κ1) is 23.3. The molecule has 2 aromatic heterocycles. The van der Waals surface area contributed by atoms with Crippen LogP contribution in [0.15, 0.2) is 83.4 Å². The van der Waals surface area contributed by atoms with Crippen molar-refractivity contribution in [1.82, 2.24) is 10.3 Å². The van der Waals surface area contributed by atoms with Gasteiger partial charge in [-0.1, -0.05) is 6.07 Å². The molecule has 3 heterocycles. The van der Waals surface area contributed by atoms with Gasteiger partial charge < -0.3 is 24.1 Å². The number of anilines is 1. The van der Waals surface area contributed by atoms with Crippen LogP contribution in [0.3, 0.4) is 0 Å². The summed E-state index contributed by atoms with van der Waals surface area (Å²) in [6.45, 7) is 0. The van der Waals surface area contributed by atoms with E-state index in [1.165, 1.54) is 12.1 Å². The Morgan fingerprint density at radius 1 is 1.06 bits per heavy atom. The number of pyridine rings is 1. The summed E-state index contributed by atoms with van der Waals surface area (Å²) in [5, 5.41) is 14.9. The Balaban J connectivity index is 1.59. The van der Waals surface area contributed by atoms with Crippen LogP contribution in [0.25, 0.3) is 11.3 Å². The first-order valence-electron chi connectivity index (χ1n) is 11.1.